The van der Waals surface area contributed by atoms with Crippen LogP contribution in [0.1, 0.15) is 63.2 Å². The number of sulfonamides is 1. The van der Waals surface area contributed by atoms with Gasteiger partial charge in [-0.1, -0.05) is 18.0 Å². The summed E-state index contributed by atoms with van der Waals surface area (Å²) in [5.74, 6) is 1.67. The van der Waals surface area contributed by atoms with Crippen LogP contribution in [0.25, 0.3) is 11.4 Å². The van der Waals surface area contributed by atoms with Crippen molar-refractivity contribution in [3.8, 4) is 11.4 Å². The first-order valence-corrected chi connectivity index (χ1v) is 13.2. The standard InChI is InChI=1S/C23H30N4O4S/c28-23(26-13-3-1-2-4-14-26)19-11-15-27(16-12-19)32(29,30)20-9-7-17(8-10-20)21-24-22(31-25-21)18-5-6-18/h7-10,18-19H,1-6,11-16H2. The number of piperidine rings is 1. The molecule has 1 aromatic carbocycles. The molecule has 0 atom stereocenters. The molecule has 5 rings (SSSR count). The largest absolute Gasteiger partial charge is 0.342 e. The molecule has 2 aliphatic heterocycles. The Labute approximate surface area is 189 Å². The van der Waals surface area contributed by atoms with E-state index in [1.54, 1.807) is 24.3 Å². The van der Waals surface area contributed by atoms with Crippen molar-refractivity contribution in [1.82, 2.24) is 19.3 Å². The first kappa shape index (κ1) is 21.6. The Bertz CT molecular complexity index is 1050. The molecule has 1 amide bonds. The fourth-order valence-electron chi connectivity index (χ4n) is 4.67. The summed E-state index contributed by atoms with van der Waals surface area (Å²) >= 11 is 0. The third kappa shape index (κ3) is 4.45. The van der Waals surface area contributed by atoms with E-state index >= 15 is 0 Å². The molecule has 9 heteroatoms. The van der Waals surface area contributed by atoms with Gasteiger partial charge in [-0.3, -0.25) is 4.79 Å². The highest BCUT2D eigenvalue weighted by Crippen LogP contribution is 2.39. The number of amides is 1. The maximum absolute atomic E-state index is 13.1. The molecule has 3 aliphatic rings. The third-order valence-electron chi connectivity index (χ3n) is 6.84. The molecule has 172 valence electrons. The fraction of sp³-hybridized carbons (Fsp3) is 0.609. The number of aromatic nitrogens is 2. The monoisotopic (exact) mass is 458 g/mol. The van der Waals surface area contributed by atoms with Gasteiger partial charge in [0, 0.05) is 43.6 Å². The summed E-state index contributed by atoms with van der Waals surface area (Å²) in [7, 11) is -3.59. The Morgan fingerprint density at radius 2 is 1.56 bits per heavy atom. The topological polar surface area (TPSA) is 96.6 Å². The van der Waals surface area contributed by atoms with E-state index in [1.165, 1.54) is 17.1 Å². The highest BCUT2D eigenvalue weighted by molar-refractivity contribution is 7.89. The maximum atomic E-state index is 13.1. The van der Waals surface area contributed by atoms with Gasteiger partial charge in [0.15, 0.2) is 0 Å². The van der Waals surface area contributed by atoms with Crippen molar-refractivity contribution >= 4 is 15.9 Å². The lowest BCUT2D eigenvalue weighted by atomic mass is 9.96. The summed E-state index contributed by atoms with van der Waals surface area (Å²) < 4.78 is 33.1. The number of hydrogen-bond donors (Lipinski definition) is 0. The number of hydrogen-bond acceptors (Lipinski definition) is 6. The molecule has 1 aromatic heterocycles. The van der Waals surface area contributed by atoms with E-state index in [2.05, 4.69) is 10.1 Å². The van der Waals surface area contributed by atoms with Gasteiger partial charge in [-0.2, -0.15) is 9.29 Å². The van der Waals surface area contributed by atoms with Crippen LogP contribution in [0, 0.1) is 5.92 Å². The number of benzene rings is 1. The molecule has 2 saturated heterocycles. The minimum atomic E-state index is -3.59. The zero-order valence-corrected chi connectivity index (χ0v) is 19.1. The molecule has 0 spiro atoms. The zero-order chi connectivity index (χ0) is 22.1. The molecule has 3 heterocycles. The minimum absolute atomic E-state index is 0.0687. The van der Waals surface area contributed by atoms with Gasteiger partial charge in [-0.25, -0.2) is 8.42 Å². The van der Waals surface area contributed by atoms with E-state index in [-0.39, 0.29) is 16.7 Å². The highest BCUT2D eigenvalue weighted by Gasteiger charge is 2.34. The van der Waals surface area contributed by atoms with Gasteiger partial charge in [-0.15, -0.1) is 0 Å². The average molecular weight is 459 g/mol. The Balaban J connectivity index is 1.21. The molecule has 32 heavy (non-hydrogen) atoms. The molecule has 1 aliphatic carbocycles. The first-order valence-electron chi connectivity index (χ1n) is 11.8. The Morgan fingerprint density at radius 1 is 0.906 bits per heavy atom. The van der Waals surface area contributed by atoms with E-state index in [0.717, 1.165) is 44.3 Å². The van der Waals surface area contributed by atoms with E-state index < -0.39 is 10.0 Å². The first-order chi connectivity index (χ1) is 15.5. The second-order valence-corrected chi connectivity index (χ2v) is 11.1. The highest BCUT2D eigenvalue weighted by atomic mass is 32.2. The molecule has 0 radical (unpaired) electrons. The van der Waals surface area contributed by atoms with Crippen LogP contribution in [-0.2, 0) is 14.8 Å². The molecular formula is C23H30N4O4S. The lowest BCUT2D eigenvalue weighted by Crippen LogP contribution is -2.44. The SMILES string of the molecule is O=C(C1CCN(S(=O)(=O)c2ccc(-c3noc(C4CC4)n3)cc2)CC1)N1CCCCCC1. The smallest absolute Gasteiger partial charge is 0.243 e. The predicted molar refractivity (Wildman–Crippen MR) is 118 cm³/mol. The number of carbonyl (C=O) groups is 1. The van der Waals surface area contributed by atoms with Crippen molar-refractivity contribution in [3.63, 3.8) is 0 Å². The van der Waals surface area contributed by atoms with E-state index in [4.69, 9.17) is 4.52 Å². The summed E-state index contributed by atoms with van der Waals surface area (Å²) in [5.41, 5.74) is 0.737. The summed E-state index contributed by atoms with van der Waals surface area (Å²) in [6.45, 7) is 2.44. The van der Waals surface area contributed by atoms with Crippen LogP contribution < -0.4 is 0 Å². The molecule has 3 fully saturated rings. The molecule has 0 unspecified atom stereocenters. The molecule has 0 N–H and O–H groups in total. The second kappa shape index (κ2) is 8.94. The van der Waals surface area contributed by atoms with E-state index in [0.29, 0.717) is 43.6 Å². The van der Waals surface area contributed by atoms with Crippen molar-refractivity contribution in [2.24, 2.45) is 5.92 Å². The minimum Gasteiger partial charge on any atom is -0.342 e. The number of nitrogens with zero attached hydrogens (tertiary/aromatic N) is 4. The van der Waals surface area contributed by atoms with Gasteiger partial charge < -0.3 is 9.42 Å². The van der Waals surface area contributed by atoms with Crippen molar-refractivity contribution in [2.45, 2.75) is 62.2 Å². The molecule has 2 aromatic rings. The van der Waals surface area contributed by atoms with Gasteiger partial charge >= 0.3 is 0 Å². The third-order valence-corrected chi connectivity index (χ3v) is 8.75. The quantitative estimate of drug-likeness (QED) is 0.681. The lowest BCUT2D eigenvalue weighted by molar-refractivity contribution is -0.136. The number of likely N-dealkylation sites (tertiary alicyclic amines) is 1. The van der Waals surface area contributed by atoms with Crippen LogP contribution in [0.3, 0.4) is 0 Å². The fourth-order valence-corrected chi connectivity index (χ4v) is 6.14. The Hall–Kier alpha value is -2.26. The summed E-state index contributed by atoms with van der Waals surface area (Å²) in [6.07, 6.45) is 7.85. The number of carbonyl (C=O) groups excluding carboxylic acids is 1. The van der Waals surface area contributed by atoms with Crippen LogP contribution in [-0.4, -0.2) is 59.8 Å². The van der Waals surface area contributed by atoms with Crippen molar-refractivity contribution in [3.05, 3.63) is 30.2 Å². The van der Waals surface area contributed by atoms with Crippen molar-refractivity contribution < 1.29 is 17.7 Å². The Morgan fingerprint density at radius 3 is 2.19 bits per heavy atom. The molecular weight excluding hydrogens is 428 g/mol. The van der Waals surface area contributed by atoms with E-state index in [9.17, 15) is 13.2 Å². The van der Waals surface area contributed by atoms with Crippen LogP contribution in [0.5, 0.6) is 0 Å². The summed E-state index contributed by atoms with van der Waals surface area (Å²) in [4.78, 5) is 19.6. The lowest BCUT2D eigenvalue weighted by Gasteiger charge is -2.33. The van der Waals surface area contributed by atoms with Crippen LogP contribution in [0.4, 0.5) is 0 Å². The summed E-state index contributed by atoms with van der Waals surface area (Å²) in [6, 6.07) is 6.66. The normalized spacial score (nSPS) is 21.4. The van der Waals surface area contributed by atoms with Gasteiger partial charge in [0.1, 0.15) is 0 Å². The molecule has 0 bridgehead atoms. The molecule has 1 saturated carbocycles. The van der Waals surface area contributed by atoms with Gasteiger partial charge in [-0.05, 0) is 62.8 Å². The number of rotatable bonds is 5. The predicted octanol–water partition coefficient (Wildman–Crippen LogP) is 3.42. The second-order valence-electron chi connectivity index (χ2n) is 9.17. The maximum Gasteiger partial charge on any atom is 0.243 e. The Kier molecular flexibility index (Phi) is 6.03. The summed E-state index contributed by atoms with van der Waals surface area (Å²) in [5, 5.41) is 4.02. The van der Waals surface area contributed by atoms with Crippen LogP contribution >= 0.6 is 0 Å². The van der Waals surface area contributed by atoms with Crippen molar-refractivity contribution in [2.75, 3.05) is 26.2 Å². The zero-order valence-electron chi connectivity index (χ0n) is 18.3. The van der Waals surface area contributed by atoms with Crippen molar-refractivity contribution in [1.29, 1.82) is 0 Å². The van der Waals surface area contributed by atoms with E-state index in [1.807, 2.05) is 4.90 Å². The van der Waals surface area contributed by atoms with Gasteiger partial charge in [0.2, 0.25) is 27.6 Å². The van der Waals surface area contributed by atoms with Gasteiger partial charge in [0.25, 0.3) is 0 Å². The van der Waals surface area contributed by atoms with Crippen LogP contribution in [0.2, 0.25) is 0 Å². The average Bonchev–Trinajstić information content (AvgIpc) is 3.61. The van der Waals surface area contributed by atoms with Crippen LogP contribution in [0.15, 0.2) is 33.7 Å². The van der Waals surface area contributed by atoms with Gasteiger partial charge in [0.05, 0.1) is 4.90 Å². The molecule has 8 nitrogen and oxygen atoms in total.